The van der Waals surface area contributed by atoms with E-state index < -0.39 is 20.1 Å². The van der Waals surface area contributed by atoms with Crippen LogP contribution >= 0.6 is 11.8 Å². The molecule has 4 nitrogen and oxygen atoms in total. The third-order valence-corrected chi connectivity index (χ3v) is 2.74. The maximum atomic E-state index is 8.97. The zero-order valence-corrected chi connectivity index (χ0v) is 13.1. The molecule has 103 valence electrons. The van der Waals surface area contributed by atoms with Crippen LogP contribution in [0.1, 0.15) is 0 Å². The zero-order chi connectivity index (χ0) is 13.4. The molecule has 3 N–H and O–H groups in total. The Balaban J connectivity index is 0.000000471. The molecule has 19 heavy (non-hydrogen) atoms. The Morgan fingerprint density at radius 3 is 1.26 bits per heavy atom. The van der Waals surface area contributed by atoms with E-state index >= 15 is 0 Å². The maximum Gasteiger partial charge on any atom is 0.0122 e. The Morgan fingerprint density at radius 2 is 1.00 bits per heavy atom. The van der Waals surface area contributed by atoms with Crippen LogP contribution in [-0.4, -0.2) is 30.2 Å². The molecule has 0 aromatic heterocycles. The molecule has 0 bridgehead atoms. The zero-order valence-electron chi connectivity index (χ0n) is 9.76. The van der Waals surface area contributed by atoms with Crippen LogP contribution in [0.5, 0.6) is 0 Å². The van der Waals surface area contributed by atoms with E-state index in [1.54, 1.807) is 11.8 Å². The molecule has 0 heterocycles. The van der Waals surface area contributed by atoms with Gasteiger partial charge in [-0.2, -0.15) is 0 Å². The van der Waals surface area contributed by atoms with Gasteiger partial charge in [0.1, 0.15) is 0 Å². The molecule has 0 spiro atoms. The Morgan fingerprint density at radius 1 is 0.737 bits per heavy atom. The Bertz CT molecular complexity index is 458. The molecule has 0 aliphatic carbocycles. The van der Waals surface area contributed by atoms with Gasteiger partial charge in [0.25, 0.3) is 0 Å². The monoisotopic (exact) mass is 393 g/mol. The van der Waals surface area contributed by atoms with Gasteiger partial charge in [-0.05, 0) is 24.3 Å². The van der Waals surface area contributed by atoms with Gasteiger partial charge in [-0.3, -0.25) is 0 Å². The van der Waals surface area contributed by atoms with Crippen molar-refractivity contribution >= 4 is 31.8 Å². The van der Waals surface area contributed by atoms with Crippen molar-refractivity contribution < 1.29 is 17.9 Å². The summed E-state index contributed by atoms with van der Waals surface area (Å²) in [4.78, 5) is 2.57. The first kappa shape index (κ1) is 18.2. The molecule has 2 aromatic carbocycles. The quantitative estimate of drug-likeness (QED) is 0.681. The van der Waals surface area contributed by atoms with E-state index in [-0.39, 0.29) is 4.70 Å². The van der Waals surface area contributed by atoms with Crippen LogP contribution in [0.4, 0.5) is 4.70 Å². The minimum Gasteiger partial charge on any atom is -0.0901 e. The SMILES string of the molecule is [F].[O]=[Sb]([OH])([OH])[OH].c1ccc(Sc2ccccc2)cc1. The minimum atomic E-state index is -5.35. The van der Waals surface area contributed by atoms with Gasteiger partial charge < -0.3 is 0 Å². The second-order valence-corrected chi connectivity index (χ2v) is 7.32. The normalized spacial score (nSPS) is 9.84. The summed E-state index contributed by atoms with van der Waals surface area (Å²) >= 11 is -3.56. The smallest absolute Gasteiger partial charge is 0.0122 e. The van der Waals surface area contributed by atoms with Crippen LogP contribution in [0.2, 0.25) is 0 Å². The summed E-state index contributed by atoms with van der Waals surface area (Å²) < 4.78 is 30.8. The van der Waals surface area contributed by atoms with Crippen molar-refractivity contribution in [3.05, 3.63) is 60.7 Å². The van der Waals surface area contributed by atoms with Crippen LogP contribution in [0.3, 0.4) is 0 Å². The first-order valence-corrected chi connectivity index (χ1v) is 10.3. The van der Waals surface area contributed by atoms with E-state index in [1.807, 2.05) is 12.1 Å². The molecule has 0 aliphatic rings. The van der Waals surface area contributed by atoms with Crippen LogP contribution in [0, 0.1) is 0 Å². The molecular formula is C12H13FO4SSb. The summed E-state index contributed by atoms with van der Waals surface area (Å²) in [7, 11) is 0. The summed E-state index contributed by atoms with van der Waals surface area (Å²) in [6, 6.07) is 20.8. The fourth-order valence-electron chi connectivity index (χ4n) is 1.11. The summed E-state index contributed by atoms with van der Waals surface area (Å²) in [5, 5.41) is 0. The van der Waals surface area contributed by atoms with Gasteiger partial charge in [0.15, 0.2) is 0 Å². The first-order valence-electron chi connectivity index (χ1n) is 5.01. The number of hydrogen-bond donors (Lipinski definition) is 3. The van der Waals surface area contributed by atoms with E-state index in [9.17, 15) is 0 Å². The molecule has 7 heteroatoms. The summed E-state index contributed by atoms with van der Waals surface area (Å²) in [5.74, 6) is 0. The average Bonchev–Trinajstić information content (AvgIpc) is 2.29. The average molecular weight is 394 g/mol. The fraction of sp³-hybridized carbons (Fsp3) is 0. The molecule has 0 saturated carbocycles. The molecule has 2 aromatic rings. The van der Waals surface area contributed by atoms with Gasteiger partial charge >= 0.3 is 33.2 Å². The molecule has 0 atom stereocenters. The van der Waals surface area contributed by atoms with Crippen molar-refractivity contribution in [2.24, 2.45) is 0 Å². The topological polar surface area (TPSA) is 77.8 Å². The minimum absolute atomic E-state index is 0. The molecule has 0 aliphatic heterocycles. The molecule has 0 unspecified atom stereocenters. The van der Waals surface area contributed by atoms with Gasteiger partial charge in [0.2, 0.25) is 0 Å². The third-order valence-electron chi connectivity index (χ3n) is 1.72. The Labute approximate surface area is 120 Å². The van der Waals surface area contributed by atoms with Gasteiger partial charge in [-0.25, -0.2) is 0 Å². The van der Waals surface area contributed by atoms with E-state index in [1.165, 1.54) is 9.79 Å². The maximum absolute atomic E-state index is 8.97. The largest absolute Gasteiger partial charge is 0.0901 e. The fourth-order valence-corrected chi connectivity index (χ4v) is 1.97. The van der Waals surface area contributed by atoms with Gasteiger partial charge in [0, 0.05) is 14.5 Å². The predicted octanol–water partition coefficient (Wildman–Crippen LogP) is 2.09. The number of hydrogen-bond acceptors (Lipinski definition) is 2. The predicted molar refractivity (Wildman–Crippen MR) is 71.2 cm³/mol. The summed E-state index contributed by atoms with van der Waals surface area (Å²) in [5.41, 5.74) is 0. The number of rotatable bonds is 2. The molecule has 0 amide bonds. The van der Waals surface area contributed by atoms with Crippen molar-refractivity contribution in [3.8, 4) is 0 Å². The number of benzene rings is 2. The van der Waals surface area contributed by atoms with E-state index in [4.69, 9.17) is 13.2 Å². The van der Waals surface area contributed by atoms with Crippen molar-refractivity contribution in [3.63, 3.8) is 0 Å². The first-order chi connectivity index (χ1) is 8.45. The second-order valence-electron chi connectivity index (χ2n) is 3.24. The molecule has 0 fully saturated rings. The third kappa shape index (κ3) is 10.8. The van der Waals surface area contributed by atoms with Crippen molar-refractivity contribution in [1.29, 1.82) is 0 Å². The summed E-state index contributed by atoms with van der Waals surface area (Å²) in [6.45, 7) is 0. The molecular weight excluding hydrogens is 381 g/mol. The van der Waals surface area contributed by atoms with Crippen molar-refractivity contribution in [2.45, 2.75) is 9.79 Å². The van der Waals surface area contributed by atoms with Crippen LogP contribution < -0.4 is 0 Å². The van der Waals surface area contributed by atoms with Gasteiger partial charge in [-0.15, -0.1) is 0 Å². The van der Waals surface area contributed by atoms with Crippen molar-refractivity contribution in [1.82, 2.24) is 0 Å². The van der Waals surface area contributed by atoms with Crippen molar-refractivity contribution in [2.75, 3.05) is 0 Å². The molecule has 2 rings (SSSR count). The van der Waals surface area contributed by atoms with Crippen LogP contribution in [0.15, 0.2) is 70.5 Å². The van der Waals surface area contributed by atoms with Crippen LogP contribution in [-0.2, 0) is 3.02 Å². The molecule has 0 saturated heterocycles. The number of halogens is 1. The standard InChI is InChI=1S/C12H10S.F.3H2O.O.Sb/c1-3-7-11(8-4-1)13-12-9-5-2-6-10-12;;;;;;/h1-10H;;3*1H2;;/q;;;;;;+3/p-3. The summed E-state index contributed by atoms with van der Waals surface area (Å²) in [6.07, 6.45) is 0. The van der Waals surface area contributed by atoms with E-state index in [2.05, 4.69) is 48.5 Å². The van der Waals surface area contributed by atoms with Crippen LogP contribution in [0.25, 0.3) is 0 Å². The second kappa shape index (κ2) is 9.17. The van der Waals surface area contributed by atoms with Gasteiger partial charge in [0.05, 0.1) is 0 Å². The Hall–Kier alpha value is -0.782. The molecule has 1 radical (unpaired) electrons. The Kier molecular flexibility index (Phi) is 8.80. The van der Waals surface area contributed by atoms with E-state index in [0.29, 0.717) is 0 Å². The van der Waals surface area contributed by atoms with Gasteiger partial charge in [-0.1, -0.05) is 48.2 Å². The van der Waals surface area contributed by atoms with E-state index in [0.717, 1.165) is 0 Å².